The van der Waals surface area contributed by atoms with Crippen molar-refractivity contribution in [1.29, 1.82) is 0 Å². The van der Waals surface area contributed by atoms with Crippen molar-refractivity contribution in [2.75, 3.05) is 6.61 Å². The molecule has 15 heavy (non-hydrogen) atoms. The Hall–Kier alpha value is -1.77. The molecule has 0 aromatic carbocycles. The molecule has 0 spiro atoms. The molecule has 2 rings (SSSR count). The molecule has 1 N–H and O–H groups in total. The zero-order valence-electron chi connectivity index (χ0n) is 8.40. The van der Waals surface area contributed by atoms with Gasteiger partial charge >= 0.3 is 0 Å². The van der Waals surface area contributed by atoms with Gasteiger partial charge in [0.1, 0.15) is 12.4 Å². The summed E-state index contributed by atoms with van der Waals surface area (Å²) in [6, 6.07) is 3.20. The van der Waals surface area contributed by atoms with Crippen molar-refractivity contribution in [3.63, 3.8) is 0 Å². The number of aromatic nitrogens is 1. The third kappa shape index (κ3) is 2.84. The number of nitrogens with one attached hydrogen (secondary N) is 1. The minimum Gasteiger partial charge on any atom is -0.489 e. The van der Waals surface area contributed by atoms with Gasteiger partial charge in [-0.2, -0.15) is 0 Å². The van der Waals surface area contributed by atoms with Crippen LogP contribution in [0.4, 0.5) is 0 Å². The van der Waals surface area contributed by atoms with Crippen LogP contribution in [0, 0.1) is 0 Å². The zero-order chi connectivity index (χ0) is 10.5. The van der Waals surface area contributed by atoms with E-state index in [1.807, 2.05) is 0 Å². The second kappa shape index (κ2) is 4.64. The van der Waals surface area contributed by atoms with Gasteiger partial charge in [0.15, 0.2) is 0 Å². The van der Waals surface area contributed by atoms with Gasteiger partial charge in [-0.15, -0.1) is 0 Å². The van der Waals surface area contributed by atoms with Crippen LogP contribution < -0.4 is 10.3 Å². The van der Waals surface area contributed by atoms with Crippen LogP contribution in [0.2, 0.25) is 0 Å². The summed E-state index contributed by atoms with van der Waals surface area (Å²) < 4.78 is 5.49. The summed E-state index contributed by atoms with van der Waals surface area (Å²) in [7, 11) is 0. The van der Waals surface area contributed by atoms with Crippen molar-refractivity contribution in [2.45, 2.75) is 12.8 Å². The second-order valence-corrected chi connectivity index (χ2v) is 3.44. The molecule has 1 heterocycles. The van der Waals surface area contributed by atoms with Crippen molar-refractivity contribution in [3.8, 4) is 5.75 Å². The van der Waals surface area contributed by atoms with E-state index in [1.54, 1.807) is 12.3 Å². The van der Waals surface area contributed by atoms with Crippen LogP contribution in [0.3, 0.4) is 0 Å². The molecule has 3 heteroatoms. The summed E-state index contributed by atoms with van der Waals surface area (Å²) in [5.74, 6) is 0.610. The minimum absolute atomic E-state index is 0.138. The summed E-state index contributed by atoms with van der Waals surface area (Å²) >= 11 is 0. The highest BCUT2D eigenvalue weighted by molar-refractivity contribution is 5.25. The van der Waals surface area contributed by atoms with E-state index >= 15 is 0 Å². The van der Waals surface area contributed by atoms with Crippen LogP contribution in [0.25, 0.3) is 0 Å². The SMILES string of the molecule is O=c1cc(OCC2=CCCC=C2)cc[nH]1. The Balaban J connectivity index is 1.96. The van der Waals surface area contributed by atoms with Crippen LogP contribution in [0.5, 0.6) is 5.75 Å². The van der Waals surface area contributed by atoms with E-state index < -0.39 is 0 Å². The number of allylic oxidation sites excluding steroid dienone is 2. The minimum atomic E-state index is -0.138. The van der Waals surface area contributed by atoms with Gasteiger partial charge in [-0.25, -0.2) is 0 Å². The van der Waals surface area contributed by atoms with Gasteiger partial charge in [0.05, 0.1) is 0 Å². The first-order valence-corrected chi connectivity index (χ1v) is 5.02. The van der Waals surface area contributed by atoms with Gasteiger partial charge in [0.25, 0.3) is 5.56 Å². The Morgan fingerprint density at radius 2 is 2.33 bits per heavy atom. The van der Waals surface area contributed by atoms with Crippen LogP contribution in [0.1, 0.15) is 12.8 Å². The van der Waals surface area contributed by atoms with E-state index in [4.69, 9.17) is 4.74 Å². The Morgan fingerprint density at radius 1 is 1.40 bits per heavy atom. The Morgan fingerprint density at radius 3 is 3.07 bits per heavy atom. The maximum Gasteiger partial charge on any atom is 0.251 e. The third-order valence-electron chi connectivity index (χ3n) is 2.22. The molecular formula is C12H13NO2. The highest BCUT2D eigenvalue weighted by Gasteiger charge is 1.99. The van der Waals surface area contributed by atoms with Crippen molar-refractivity contribution in [1.82, 2.24) is 4.98 Å². The first-order chi connectivity index (χ1) is 7.34. The third-order valence-corrected chi connectivity index (χ3v) is 2.22. The normalized spacial score (nSPS) is 14.8. The predicted molar refractivity (Wildman–Crippen MR) is 59.0 cm³/mol. The Kier molecular flexibility index (Phi) is 3.02. The number of pyridine rings is 1. The van der Waals surface area contributed by atoms with E-state index in [-0.39, 0.29) is 5.56 Å². The number of hydrogen-bond acceptors (Lipinski definition) is 2. The summed E-state index contributed by atoms with van der Waals surface area (Å²) in [6.45, 7) is 0.528. The smallest absolute Gasteiger partial charge is 0.251 e. The van der Waals surface area contributed by atoms with Crippen molar-refractivity contribution >= 4 is 0 Å². The molecule has 0 bridgehead atoms. The fourth-order valence-electron chi connectivity index (χ4n) is 1.46. The van der Waals surface area contributed by atoms with Gasteiger partial charge in [-0.05, 0) is 24.5 Å². The quantitative estimate of drug-likeness (QED) is 0.816. The molecule has 1 aliphatic rings. The van der Waals surface area contributed by atoms with Crippen LogP contribution in [-0.4, -0.2) is 11.6 Å². The lowest BCUT2D eigenvalue weighted by molar-refractivity contribution is 0.354. The predicted octanol–water partition coefficient (Wildman–Crippen LogP) is 2.03. The molecule has 0 aliphatic heterocycles. The average molecular weight is 203 g/mol. The van der Waals surface area contributed by atoms with E-state index in [0.717, 1.165) is 12.8 Å². The fraction of sp³-hybridized carbons (Fsp3) is 0.250. The maximum absolute atomic E-state index is 11.0. The Bertz CT molecular complexity index is 443. The number of rotatable bonds is 3. The number of ether oxygens (including phenoxy) is 1. The van der Waals surface area contributed by atoms with E-state index in [9.17, 15) is 4.79 Å². The molecular weight excluding hydrogens is 190 g/mol. The Labute approximate surface area is 88.1 Å². The zero-order valence-corrected chi connectivity index (χ0v) is 8.40. The summed E-state index contributed by atoms with van der Waals surface area (Å²) in [5, 5.41) is 0. The number of H-pyrrole nitrogens is 1. The highest BCUT2D eigenvalue weighted by Crippen LogP contribution is 2.12. The average Bonchev–Trinajstić information content (AvgIpc) is 2.28. The molecule has 0 unspecified atom stereocenters. The van der Waals surface area contributed by atoms with Crippen molar-refractivity contribution in [3.05, 3.63) is 52.5 Å². The molecule has 0 fully saturated rings. The topological polar surface area (TPSA) is 42.1 Å². The van der Waals surface area contributed by atoms with Crippen molar-refractivity contribution < 1.29 is 4.74 Å². The molecule has 0 radical (unpaired) electrons. The van der Waals surface area contributed by atoms with E-state index in [2.05, 4.69) is 23.2 Å². The van der Waals surface area contributed by atoms with Gasteiger partial charge in [-0.3, -0.25) is 4.79 Å². The largest absolute Gasteiger partial charge is 0.489 e. The molecule has 1 aromatic heterocycles. The van der Waals surface area contributed by atoms with Gasteiger partial charge < -0.3 is 9.72 Å². The summed E-state index contributed by atoms with van der Waals surface area (Å²) in [4.78, 5) is 13.5. The maximum atomic E-state index is 11.0. The summed E-state index contributed by atoms with van der Waals surface area (Å²) in [6.07, 6.45) is 10.1. The molecule has 0 saturated heterocycles. The fourth-order valence-corrected chi connectivity index (χ4v) is 1.46. The summed E-state index contributed by atoms with van der Waals surface area (Å²) in [5.41, 5.74) is 1.03. The van der Waals surface area contributed by atoms with Gasteiger partial charge in [-0.1, -0.05) is 18.2 Å². The van der Waals surface area contributed by atoms with Gasteiger partial charge in [0, 0.05) is 12.3 Å². The monoisotopic (exact) mass is 203 g/mol. The van der Waals surface area contributed by atoms with Crippen LogP contribution >= 0.6 is 0 Å². The molecule has 0 amide bonds. The molecule has 1 aliphatic carbocycles. The van der Waals surface area contributed by atoms with Crippen LogP contribution in [-0.2, 0) is 0 Å². The molecule has 78 valence electrons. The molecule has 1 aromatic rings. The first kappa shape index (κ1) is 9.77. The van der Waals surface area contributed by atoms with Crippen molar-refractivity contribution in [2.24, 2.45) is 0 Å². The lowest BCUT2D eigenvalue weighted by Gasteiger charge is -2.08. The number of hydrogen-bond donors (Lipinski definition) is 1. The first-order valence-electron chi connectivity index (χ1n) is 5.02. The molecule has 0 saturated carbocycles. The lowest BCUT2D eigenvalue weighted by atomic mass is 10.1. The standard InChI is InChI=1S/C12H13NO2/c14-12-8-11(6-7-13-12)15-9-10-4-2-1-3-5-10/h2,4-8H,1,3,9H2,(H,13,14). The number of aromatic amines is 1. The highest BCUT2D eigenvalue weighted by atomic mass is 16.5. The van der Waals surface area contributed by atoms with Gasteiger partial charge in [0.2, 0.25) is 0 Å². The second-order valence-electron chi connectivity index (χ2n) is 3.44. The molecule has 3 nitrogen and oxygen atoms in total. The lowest BCUT2D eigenvalue weighted by Crippen LogP contribution is -2.06. The van der Waals surface area contributed by atoms with E-state index in [0.29, 0.717) is 12.4 Å². The van der Waals surface area contributed by atoms with E-state index in [1.165, 1.54) is 11.6 Å². The van der Waals surface area contributed by atoms with Crippen LogP contribution in [0.15, 0.2) is 46.9 Å². The molecule has 0 atom stereocenters.